The van der Waals surface area contributed by atoms with Gasteiger partial charge in [0.2, 0.25) is 5.75 Å². The lowest BCUT2D eigenvalue weighted by Gasteiger charge is -2.13. The van der Waals surface area contributed by atoms with Crippen molar-refractivity contribution < 1.29 is 14.8 Å². The molecule has 0 aliphatic heterocycles. The number of hydrogen-bond acceptors (Lipinski definition) is 6. The molecule has 0 fully saturated rings. The number of phenols is 1. The van der Waals surface area contributed by atoms with Crippen LogP contribution in [0.25, 0.3) is 0 Å². The van der Waals surface area contributed by atoms with Crippen molar-refractivity contribution in [2.45, 2.75) is 13.0 Å². The molecule has 3 N–H and O–H groups in total. The molecule has 2 rings (SSSR count). The second-order valence-electron chi connectivity index (χ2n) is 5.23. The third-order valence-corrected chi connectivity index (χ3v) is 3.71. The molecule has 10 heteroatoms. The number of nitro benzene ring substituents is 1. The summed E-state index contributed by atoms with van der Waals surface area (Å²) in [4.78, 5) is 22.1. The van der Waals surface area contributed by atoms with Gasteiger partial charge in [-0.05, 0) is 31.2 Å². The number of nitrogens with one attached hydrogen (secondary N) is 2. The van der Waals surface area contributed by atoms with Crippen LogP contribution in [0.5, 0.6) is 5.75 Å². The molecule has 0 saturated carbocycles. The van der Waals surface area contributed by atoms with Crippen LogP contribution < -0.4 is 10.7 Å². The Balaban J connectivity index is 2.03. The highest BCUT2D eigenvalue weighted by Crippen LogP contribution is 2.32. The van der Waals surface area contributed by atoms with Crippen molar-refractivity contribution in [2.75, 3.05) is 5.32 Å². The van der Waals surface area contributed by atoms with Crippen molar-refractivity contribution in [3.63, 3.8) is 0 Å². The van der Waals surface area contributed by atoms with Gasteiger partial charge in [-0.15, -0.1) is 0 Å². The molecular weight excluding hydrogens is 383 g/mol. The van der Waals surface area contributed by atoms with Crippen molar-refractivity contribution >= 4 is 46.7 Å². The second kappa shape index (κ2) is 8.50. The number of nitrogens with zero attached hydrogens (tertiary/aromatic N) is 2. The predicted octanol–water partition coefficient (Wildman–Crippen LogP) is 3.56. The van der Waals surface area contributed by atoms with Crippen LogP contribution in [0.15, 0.2) is 41.5 Å². The number of anilines is 1. The average molecular weight is 397 g/mol. The van der Waals surface area contributed by atoms with Gasteiger partial charge in [0.15, 0.2) is 0 Å². The number of phenolic OH excluding ortho intramolecular Hbond substituents is 1. The maximum atomic E-state index is 12.0. The fourth-order valence-corrected chi connectivity index (χ4v) is 2.41. The lowest BCUT2D eigenvalue weighted by Crippen LogP contribution is -2.34. The minimum absolute atomic E-state index is 0.0000431. The number of hydrazone groups is 1. The largest absolute Gasteiger partial charge is 0.502 e. The van der Waals surface area contributed by atoms with E-state index in [2.05, 4.69) is 15.8 Å². The summed E-state index contributed by atoms with van der Waals surface area (Å²) < 4.78 is 0. The molecule has 2 aromatic rings. The number of benzene rings is 2. The molecule has 0 spiro atoms. The van der Waals surface area contributed by atoms with E-state index in [0.29, 0.717) is 10.7 Å². The third kappa shape index (κ3) is 5.08. The Bertz CT molecular complexity index is 873. The summed E-state index contributed by atoms with van der Waals surface area (Å²) in [5.41, 5.74) is 2.38. The van der Waals surface area contributed by atoms with Crippen LogP contribution in [0.4, 0.5) is 11.4 Å². The Labute approximate surface area is 158 Å². The van der Waals surface area contributed by atoms with Gasteiger partial charge >= 0.3 is 5.69 Å². The summed E-state index contributed by atoms with van der Waals surface area (Å²) in [5.74, 6) is -1.06. The van der Waals surface area contributed by atoms with E-state index < -0.39 is 28.3 Å². The van der Waals surface area contributed by atoms with Crippen LogP contribution in [0, 0.1) is 10.1 Å². The highest BCUT2D eigenvalue weighted by atomic mass is 35.5. The van der Waals surface area contributed by atoms with E-state index in [1.54, 1.807) is 31.2 Å². The van der Waals surface area contributed by atoms with Gasteiger partial charge in [0, 0.05) is 27.4 Å². The van der Waals surface area contributed by atoms with Crippen LogP contribution in [0.1, 0.15) is 12.5 Å². The summed E-state index contributed by atoms with van der Waals surface area (Å²) in [6, 6.07) is 8.53. The molecule has 0 saturated heterocycles. The number of rotatable bonds is 6. The highest BCUT2D eigenvalue weighted by Gasteiger charge is 2.18. The molecule has 1 amide bonds. The van der Waals surface area contributed by atoms with Crippen LogP contribution in [-0.2, 0) is 4.79 Å². The smallest absolute Gasteiger partial charge is 0.312 e. The predicted molar refractivity (Wildman–Crippen MR) is 100 cm³/mol. The van der Waals surface area contributed by atoms with Gasteiger partial charge in [0.05, 0.1) is 11.1 Å². The van der Waals surface area contributed by atoms with Crippen LogP contribution >= 0.6 is 23.2 Å². The van der Waals surface area contributed by atoms with E-state index in [1.165, 1.54) is 6.07 Å². The Kier molecular flexibility index (Phi) is 6.37. The minimum Gasteiger partial charge on any atom is -0.502 e. The summed E-state index contributed by atoms with van der Waals surface area (Å²) in [6.07, 6.45) is 1.07. The molecule has 0 bridgehead atoms. The average Bonchev–Trinajstić information content (AvgIpc) is 2.57. The first-order valence-corrected chi connectivity index (χ1v) is 8.05. The summed E-state index contributed by atoms with van der Waals surface area (Å²) in [5, 5.41) is 27.9. The number of nitro groups is 1. The van der Waals surface area contributed by atoms with E-state index >= 15 is 0 Å². The molecule has 8 nitrogen and oxygen atoms in total. The standard InChI is InChI=1S/C16H14Cl2N4O4/c1-9(20-13-4-2-3-11(17)6-13)16(24)21-19-8-10-5-12(18)7-14(15(10)23)22(25)26/h2-9,20,23H,1H3,(H,21,24). The number of aromatic hydroxyl groups is 1. The van der Waals surface area contributed by atoms with Crippen molar-refractivity contribution in [3.05, 3.63) is 62.1 Å². The van der Waals surface area contributed by atoms with Gasteiger partial charge in [-0.25, -0.2) is 5.43 Å². The van der Waals surface area contributed by atoms with Crippen LogP contribution in [0.3, 0.4) is 0 Å². The lowest BCUT2D eigenvalue weighted by atomic mass is 10.2. The van der Waals surface area contributed by atoms with E-state index in [4.69, 9.17) is 23.2 Å². The summed E-state index contributed by atoms with van der Waals surface area (Å²) >= 11 is 11.7. The number of amides is 1. The van der Waals surface area contributed by atoms with Gasteiger partial charge in [0.25, 0.3) is 5.91 Å². The summed E-state index contributed by atoms with van der Waals surface area (Å²) in [6.45, 7) is 1.62. The molecule has 2 aromatic carbocycles. The van der Waals surface area contributed by atoms with Gasteiger partial charge in [-0.3, -0.25) is 14.9 Å². The Morgan fingerprint density at radius 1 is 1.31 bits per heavy atom. The summed E-state index contributed by atoms with van der Waals surface area (Å²) in [7, 11) is 0. The fourth-order valence-electron chi connectivity index (χ4n) is 2.00. The zero-order valence-electron chi connectivity index (χ0n) is 13.4. The first-order chi connectivity index (χ1) is 12.3. The molecule has 136 valence electrons. The molecule has 0 aliphatic carbocycles. The normalized spacial score (nSPS) is 12.0. The van der Waals surface area contributed by atoms with Crippen molar-refractivity contribution in [3.8, 4) is 5.75 Å². The zero-order chi connectivity index (χ0) is 19.3. The first kappa shape index (κ1) is 19.5. The Hall–Kier alpha value is -2.84. The quantitative estimate of drug-likeness (QED) is 0.392. The van der Waals surface area contributed by atoms with Crippen LogP contribution in [0.2, 0.25) is 10.0 Å². The topological polar surface area (TPSA) is 117 Å². The number of carbonyl (C=O) groups is 1. The zero-order valence-corrected chi connectivity index (χ0v) is 15.0. The number of carbonyl (C=O) groups excluding carboxylic acids is 1. The van der Waals surface area contributed by atoms with Crippen molar-refractivity contribution in [1.82, 2.24) is 5.43 Å². The van der Waals surface area contributed by atoms with E-state index in [-0.39, 0.29) is 10.6 Å². The maximum absolute atomic E-state index is 12.0. The Morgan fingerprint density at radius 3 is 2.69 bits per heavy atom. The van der Waals surface area contributed by atoms with Gasteiger partial charge in [-0.2, -0.15) is 5.10 Å². The minimum atomic E-state index is -0.770. The molecule has 0 aliphatic rings. The number of halogens is 2. The highest BCUT2D eigenvalue weighted by molar-refractivity contribution is 6.31. The second-order valence-corrected chi connectivity index (χ2v) is 6.10. The Morgan fingerprint density at radius 2 is 2.04 bits per heavy atom. The van der Waals surface area contributed by atoms with Gasteiger partial charge in [0.1, 0.15) is 6.04 Å². The third-order valence-electron chi connectivity index (χ3n) is 3.26. The molecule has 1 unspecified atom stereocenters. The SMILES string of the molecule is CC(Nc1cccc(Cl)c1)C(=O)NN=Cc1cc(Cl)cc([N+](=O)[O-])c1O. The molecule has 0 radical (unpaired) electrons. The molecule has 1 atom stereocenters. The monoisotopic (exact) mass is 396 g/mol. The van der Waals surface area contributed by atoms with E-state index in [1.807, 2.05) is 0 Å². The lowest BCUT2D eigenvalue weighted by molar-refractivity contribution is -0.385. The molecular formula is C16H14Cl2N4O4. The molecule has 26 heavy (non-hydrogen) atoms. The fraction of sp³-hybridized carbons (Fsp3) is 0.125. The van der Waals surface area contributed by atoms with Gasteiger partial charge < -0.3 is 10.4 Å². The van der Waals surface area contributed by atoms with E-state index in [0.717, 1.165) is 12.3 Å². The number of hydrogen-bond donors (Lipinski definition) is 3. The molecule has 0 aromatic heterocycles. The van der Waals surface area contributed by atoms with Gasteiger partial charge in [-0.1, -0.05) is 29.3 Å². The van der Waals surface area contributed by atoms with E-state index in [9.17, 15) is 20.0 Å². The van der Waals surface area contributed by atoms with Crippen LogP contribution in [-0.4, -0.2) is 28.2 Å². The van der Waals surface area contributed by atoms with Crippen molar-refractivity contribution in [2.24, 2.45) is 5.10 Å². The maximum Gasteiger partial charge on any atom is 0.312 e. The molecule has 0 heterocycles. The van der Waals surface area contributed by atoms with Crippen molar-refractivity contribution in [1.29, 1.82) is 0 Å². The first-order valence-electron chi connectivity index (χ1n) is 7.30.